The molecule has 0 spiro atoms. The number of halogens is 3. The second kappa shape index (κ2) is 8.93. The molecule has 0 aromatic carbocycles. The molecule has 0 aromatic rings. The van der Waals surface area contributed by atoms with Crippen molar-refractivity contribution in [2.75, 3.05) is 33.7 Å². The van der Waals surface area contributed by atoms with E-state index in [-0.39, 0.29) is 43.0 Å². The van der Waals surface area contributed by atoms with Crippen LogP contribution in [0.5, 0.6) is 0 Å². The molecule has 0 aliphatic carbocycles. The molecule has 120 valence electrons. The van der Waals surface area contributed by atoms with Crippen molar-refractivity contribution in [3.8, 4) is 0 Å². The molecule has 6 nitrogen and oxygen atoms in total. The van der Waals surface area contributed by atoms with Crippen LogP contribution >= 0.6 is 24.0 Å². The van der Waals surface area contributed by atoms with Crippen LogP contribution in [0.1, 0.15) is 12.8 Å². The maximum absolute atomic E-state index is 12.4. The lowest BCUT2D eigenvalue weighted by molar-refractivity contribution is 0.204. The lowest BCUT2D eigenvalue weighted by Gasteiger charge is -2.31. The Balaban J connectivity index is 0.00000361. The van der Waals surface area contributed by atoms with Crippen molar-refractivity contribution in [1.82, 2.24) is 14.9 Å². The Labute approximate surface area is 135 Å². The maximum Gasteiger partial charge on any atom is 0.350 e. The van der Waals surface area contributed by atoms with E-state index >= 15 is 0 Å². The number of hydrogen-bond donors (Lipinski definition) is 2. The van der Waals surface area contributed by atoms with E-state index in [2.05, 4.69) is 15.6 Å². The summed E-state index contributed by atoms with van der Waals surface area (Å²) in [6.07, 6.45) is 1.14. The van der Waals surface area contributed by atoms with E-state index in [0.717, 1.165) is 4.31 Å². The standard InChI is InChI=1S/C10H20F2N4O2S.HI/c1-13-10(14-2)15-7-8-3-5-16(6-4-8)19(17,18)9(11)12;/h8-9H,3-7H2,1-2H3,(H2,13,14,15);1H. The van der Waals surface area contributed by atoms with Gasteiger partial charge in [-0.05, 0) is 18.8 Å². The third-order valence-electron chi connectivity index (χ3n) is 3.18. The first kappa shape index (κ1) is 19.8. The zero-order chi connectivity index (χ0) is 14.5. The molecule has 2 N–H and O–H groups in total. The fourth-order valence-corrected chi connectivity index (χ4v) is 2.95. The second-order valence-electron chi connectivity index (χ2n) is 4.35. The third kappa shape index (κ3) is 5.28. The molecule has 0 unspecified atom stereocenters. The van der Waals surface area contributed by atoms with Gasteiger partial charge in [0.2, 0.25) is 0 Å². The fraction of sp³-hybridized carbons (Fsp3) is 0.900. The van der Waals surface area contributed by atoms with Gasteiger partial charge in [0.05, 0.1) is 0 Å². The van der Waals surface area contributed by atoms with Gasteiger partial charge in [-0.1, -0.05) is 0 Å². The van der Waals surface area contributed by atoms with Crippen LogP contribution in [0.2, 0.25) is 0 Å². The zero-order valence-electron chi connectivity index (χ0n) is 11.5. The van der Waals surface area contributed by atoms with E-state index in [4.69, 9.17) is 0 Å². The number of guanidine groups is 1. The van der Waals surface area contributed by atoms with Gasteiger partial charge in [-0.25, -0.2) is 8.42 Å². The molecule has 10 heteroatoms. The van der Waals surface area contributed by atoms with Gasteiger partial charge in [0.25, 0.3) is 10.0 Å². The highest BCUT2D eigenvalue weighted by molar-refractivity contribution is 14.0. The predicted octanol–water partition coefficient (Wildman–Crippen LogP) is 0.664. The Morgan fingerprint density at radius 1 is 1.40 bits per heavy atom. The SMILES string of the molecule is CN=C(NC)NCC1CCN(S(=O)(=O)C(F)F)CC1.I. The normalized spacial score (nSPS) is 18.8. The first-order valence-corrected chi connectivity index (χ1v) is 7.57. The highest BCUT2D eigenvalue weighted by atomic mass is 127. The number of aliphatic imine (C=N–C) groups is 1. The molecule has 0 amide bonds. The average Bonchev–Trinajstić information content (AvgIpc) is 2.40. The minimum Gasteiger partial charge on any atom is -0.359 e. The topological polar surface area (TPSA) is 73.8 Å². The predicted molar refractivity (Wildman–Crippen MR) is 85.1 cm³/mol. The largest absolute Gasteiger partial charge is 0.359 e. The van der Waals surface area contributed by atoms with E-state index in [0.29, 0.717) is 25.3 Å². The summed E-state index contributed by atoms with van der Waals surface area (Å²) in [5, 5.41) is 5.96. The molecule has 0 saturated carbocycles. The van der Waals surface area contributed by atoms with Crippen LogP contribution in [0.3, 0.4) is 0 Å². The fourth-order valence-electron chi connectivity index (χ4n) is 2.00. The third-order valence-corrected chi connectivity index (χ3v) is 4.71. The van der Waals surface area contributed by atoms with Crippen molar-refractivity contribution in [2.45, 2.75) is 18.6 Å². The summed E-state index contributed by atoms with van der Waals surface area (Å²) < 4.78 is 48.2. The van der Waals surface area contributed by atoms with Crippen molar-refractivity contribution in [3.05, 3.63) is 0 Å². The van der Waals surface area contributed by atoms with Gasteiger partial charge >= 0.3 is 5.76 Å². The van der Waals surface area contributed by atoms with Gasteiger partial charge in [-0.2, -0.15) is 13.1 Å². The summed E-state index contributed by atoms with van der Waals surface area (Å²) in [7, 11) is -1.03. The Hall–Kier alpha value is -0.230. The molecular formula is C10H21F2IN4O2S. The first-order chi connectivity index (χ1) is 8.91. The van der Waals surface area contributed by atoms with Crippen LogP contribution in [-0.2, 0) is 10.0 Å². The Morgan fingerprint density at radius 3 is 2.35 bits per heavy atom. The van der Waals surface area contributed by atoms with Crippen molar-refractivity contribution in [2.24, 2.45) is 10.9 Å². The number of nitrogens with one attached hydrogen (secondary N) is 2. The Bertz CT molecular complexity index is 411. The average molecular weight is 426 g/mol. The summed E-state index contributed by atoms with van der Waals surface area (Å²) >= 11 is 0. The highest BCUT2D eigenvalue weighted by Gasteiger charge is 2.34. The van der Waals surface area contributed by atoms with Crippen molar-refractivity contribution in [3.63, 3.8) is 0 Å². The number of hydrogen-bond acceptors (Lipinski definition) is 3. The van der Waals surface area contributed by atoms with Crippen LogP contribution in [0, 0.1) is 5.92 Å². The number of nitrogens with zero attached hydrogens (tertiary/aromatic N) is 2. The van der Waals surface area contributed by atoms with E-state index < -0.39 is 15.8 Å². The summed E-state index contributed by atoms with van der Waals surface area (Å²) in [4.78, 5) is 3.96. The number of piperidine rings is 1. The van der Waals surface area contributed by atoms with E-state index in [9.17, 15) is 17.2 Å². The molecule has 1 aliphatic rings. The van der Waals surface area contributed by atoms with Crippen LogP contribution in [0.25, 0.3) is 0 Å². The van der Waals surface area contributed by atoms with Gasteiger partial charge in [0.15, 0.2) is 5.96 Å². The molecule has 1 heterocycles. The highest BCUT2D eigenvalue weighted by Crippen LogP contribution is 2.21. The summed E-state index contributed by atoms with van der Waals surface area (Å²) in [5.41, 5.74) is 0. The Kier molecular flexibility index (Phi) is 8.82. The summed E-state index contributed by atoms with van der Waals surface area (Å²) in [6, 6.07) is 0. The second-order valence-corrected chi connectivity index (χ2v) is 6.25. The van der Waals surface area contributed by atoms with Gasteiger partial charge in [-0.15, -0.1) is 24.0 Å². The quantitative estimate of drug-likeness (QED) is 0.394. The smallest absolute Gasteiger partial charge is 0.350 e. The number of alkyl halides is 2. The molecule has 1 rings (SSSR count). The molecule has 1 aliphatic heterocycles. The zero-order valence-corrected chi connectivity index (χ0v) is 14.6. The van der Waals surface area contributed by atoms with Gasteiger partial charge in [0.1, 0.15) is 0 Å². The molecule has 1 fully saturated rings. The minimum atomic E-state index is -4.42. The molecular weight excluding hydrogens is 405 g/mol. The molecule has 0 atom stereocenters. The number of sulfonamides is 1. The Morgan fingerprint density at radius 2 is 1.95 bits per heavy atom. The summed E-state index contributed by atoms with van der Waals surface area (Å²) in [6.45, 7) is 0.949. The van der Waals surface area contributed by atoms with E-state index in [1.165, 1.54) is 0 Å². The maximum atomic E-state index is 12.4. The lowest BCUT2D eigenvalue weighted by Crippen LogP contribution is -2.44. The lowest BCUT2D eigenvalue weighted by atomic mass is 9.98. The van der Waals surface area contributed by atoms with Crippen molar-refractivity contribution < 1.29 is 17.2 Å². The molecule has 0 radical (unpaired) electrons. The first-order valence-electron chi connectivity index (χ1n) is 6.07. The van der Waals surface area contributed by atoms with Crippen LogP contribution in [0.4, 0.5) is 8.78 Å². The van der Waals surface area contributed by atoms with Gasteiger partial charge in [-0.3, -0.25) is 4.99 Å². The molecule has 20 heavy (non-hydrogen) atoms. The summed E-state index contributed by atoms with van der Waals surface area (Å²) in [5.74, 6) is -2.41. The van der Waals surface area contributed by atoms with Crippen LogP contribution < -0.4 is 10.6 Å². The van der Waals surface area contributed by atoms with Crippen molar-refractivity contribution in [1.29, 1.82) is 0 Å². The van der Waals surface area contributed by atoms with Crippen molar-refractivity contribution >= 4 is 40.0 Å². The van der Waals surface area contributed by atoms with Crippen LogP contribution in [-0.4, -0.2) is 58.2 Å². The molecule has 0 aromatic heterocycles. The molecule has 0 bridgehead atoms. The minimum absolute atomic E-state index is 0. The van der Waals surface area contributed by atoms with Gasteiger partial charge < -0.3 is 10.6 Å². The van der Waals surface area contributed by atoms with E-state index in [1.807, 2.05) is 0 Å². The molecule has 1 saturated heterocycles. The monoisotopic (exact) mass is 426 g/mol. The number of rotatable bonds is 4. The van der Waals surface area contributed by atoms with Gasteiger partial charge in [0, 0.05) is 33.7 Å². The van der Waals surface area contributed by atoms with Crippen LogP contribution in [0.15, 0.2) is 4.99 Å². The van der Waals surface area contributed by atoms with E-state index in [1.54, 1.807) is 14.1 Å².